The summed E-state index contributed by atoms with van der Waals surface area (Å²) in [6.45, 7) is 1.48. The highest BCUT2D eigenvalue weighted by Crippen LogP contribution is 2.55. The fourth-order valence-corrected chi connectivity index (χ4v) is 6.41. The number of imidazole rings is 1. The van der Waals surface area contributed by atoms with Crippen LogP contribution in [0.5, 0.6) is 0 Å². The summed E-state index contributed by atoms with van der Waals surface area (Å²) in [6.07, 6.45) is 4.05. The van der Waals surface area contributed by atoms with Crippen molar-refractivity contribution in [2.75, 3.05) is 17.8 Å². The molecule has 17 heteroatoms. The number of rotatable bonds is 9. The third kappa shape index (κ3) is 6.60. The number of hydrogen-bond acceptors (Lipinski definition) is 9. The summed E-state index contributed by atoms with van der Waals surface area (Å²) in [4.78, 5) is 39.8. The van der Waals surface area contributed by atoms with Crippen LogP contribution in [0.2, 0.25) is 5.28 Å². The lowest BCUT2D eigenvalue weighted by Crippen LogP contribution is -2.15. The van der Waals surface area contributed by atoms with Crippen LogP contribution in [0.3, 0.4) is 0 Å². The minimum atomic E-state index is -4.71. The van der Waals surface area contributed by atoms with E-state index in [9.17, 15) is 18.4 Å². The van der Waals surface area contributed by atoms with E-state index >= 15 is 0 Å². The van der Waals surface area contributed by atoms with Gasteiger partial charge in [0.1, 0.15) is 11.9 Å². The molecule has 0 radical (unpaired) electrons. The van der Waals surface area contributed by atoms with Crippen molar-refractivity contribution in [3.8, 4) is 0 Å². The third-order valence-electron chi connectivity index (χ3n) is 5.20. The van der Waals surface area contributed by atoms with Gasteiger partial charge in [0.15, 0.2) is 17.4 Å². The average Bonchev–Trinajstić information content (AvgIpc) is 3.37. The molecule has 35 heavy (non-hydrogen) atoms. The number of pyridine rings is 1. The number of nitrogens with one attached hydrogen (secondary N) is 1. The first-order valence-corrected chi connectivity index (χ1v) is 14.3. The normalized spacial score (nSPS) is 21.2. The van der Waals surface area contributed by atoms with Crippen LogP contribution in [0.25, 0.3) is 5.65 Å². The maximum atomic E-state index is 13.5. The molecule has 4 N–H and O–H groups in total. The van der Waals surface area contributed by atoms with Gasteiger partial charge in [0.2, 0.25) is 5.28 Å². The molecule has 3 aromatic rings. The number of nitrogens with zero attached hydrogens (tertiary/aromatic N) is 5. The third-order valence-corrected chi connectivity index (χ3v) is 8.82. The van der Waals surface area contributed by atoms with Gasteiger partial charge in [-0.1, -0.05) is 0 Å². The summed E-state index contributed by atoms with van der Waals surface area (Å²) in [5.74, 6) is -1.43. The van der Waals surface area contributed by atoms with Gasteiger partial charge in [-0.25, -0.2) is 13.9 Å². The van der Waals surface area contributed by atoms with E-state index in [0.717, 1.165) is 6.20 Å². The van der Waals surface area contributed by atoms with Gasteiger partial charge in [-0.15, -0.1) is 5.10 Å². The van der Waals surface area contributed by atoms with Gasteiger partial charge in [0.25, 0.3) is 0 Å². The molecular formula is C18H22ClFN6O7P2. The SMILES string of the molecule is C[C@H](Nc1nc(Cl)nn2c([C@H]3CC[C@@H](COP(=O)(O)CP(=O)(O)O)O3)cnc12)c1cncc(F)c1. The van der Waals surface area contributed by atoms with E-state index < -0.39 is 39.1 Å². The van der Waals surface area contributed by atoms with E-state index in [1.807, 2.05) is 0 Å². The molecule has 3 aromatic heterocycles. The molecule has 190 valence electrons. The molecule has 0 aromatic carbocycles. The first-order chi connectivity index (χ1) is 16.4. The zero-order valence-electron chi connectivity index (χ0n) is 18.2. The highest BCUT2D eigenvalue weighted by atomic mass is 35.5. The molecule has 4 atom stereocenters. The Kier molecular flexibility index (Phi) is 7.56. The van der Waals surface area contributed by atoms with Gasteiger partial charge in [-0.3, -0.25) is 14.1 Å². The largest absolute Gasteiger partial charge is 0.366 e. The Balaban J connectivity index is 1.48. The first-order valence-electron chi connectivity index (χ1n) is 10.3. The van der Waals surface area contributed by atoms with Crippen LogP contribution in [-0.2, 0) is 18.4 Å². The molecule has 0 spiro atoms. The van der Waals surface area contributed by atoms with Crippen molar-refractivity contribution >= 4 is 38.3 Å². The number of anilines is 1. The lowest BCUT2D eigenvalue weighted by molar-refractivity contribution is 0.0124. The van der Waals surface area contributed by atoms with Crippen molar-refractivity contribution in [1.29, 1.82) is 0 Å². The average molecular weight is 551 g/mol. The lowest BCUT2D eigenvalue weighted by atomic mass is 10.1. The number of hydrogen-bond donors (Lipinski definition) is 4. The molecule has 4 heterocycles. The Morgan fingerprint density at radius 1 is 1.31 bits per heavy atom. The summed E-state index contributed by atoms with van der Waals surface area (Å²) < 4.78 is 48.6. The molecule has 0 amide bonds. The monoisotopic (exact) mass is 550 g/mol. The van der Waals surface area contributed by atoms with Crippen LogP contribution in [0, 0.1) is 5.82 Å². The molecule has 1 fully saturated rings. The lowest BCUT2D eigenvalue weighted by Gasteiger charge is -2.17. The van der Waals surface area contributed by atoms with E-state index in [-0.39, 0.29) is 17.9 Å². The fourth-order valence-electron chi connectivity index (χ4n) is 3.66. The molecule has 13 nitrogen and oxygen atoms in total. The van der Waals surface area contributed by atoms with Crippen molar-refractivity contribution in [3.63, 3.8) is 0 Å². The van der Waals surface area contributed by atoms with Gasteiger partial charge in [0.05, 0.1) is 36.8 Å². The van der Waals surface area contributed by atoms with Crippen molar-refractivity contribution in [2.24, 2.45) is 0 Å². The maximum absolute atomic E-state index is 13.5. The Morgan fingerprint density at radius 3 is 2.80 bits per heavy atom. The van der Waals surface area contributed by atoms with Crippen molar-refractivity contribution in [1.82, 2.24) is 24.6 Å². The van der Waals surface area contributed by atoms with E-state index in [0.29, 0.717) is 35.6 Å². The number of halogens is 2. The van der Waals surface area contributed by atoms with Crippen molar-refractivity contribution < 1.29 is 37.5 Å². The smallest absolute Gasteiger partial charge is 0.340 e. The Bertz CT molecular complexity index is 1320. The molecule has 0 bridgehead atoms. The standard InChI is InChI=1S/C18H22ClFN6O7P2/c1-10(11-4-12(20)6-21-5-11)23-16-17-22-7-14(26(17)25-18(19)24-16)15-3-2-13(33-15)8-32-35(30,31)9-34(27,28)29/h4-7,10,13,15H,2-3,8-9H2,1H3,(H,30,31)(H,23,24,25)(H2,27,28,29)/t10-,13-,15+/m0/s1. The van der Waals surface area contributed by atoms with Gasteiger partial charge >= 0.3 is 15.2 Å². The fraction of sp³-hybridized carbons (Fsp3) is 0.444. The minimum absolute atomic E-state index is 0.0691. The Hall–Kier alpha value is -2.02. The van der Waals surface area contributed by atoms with E-state index in [2.05, 4.69) is 25.4 Å². The molecule has 0 aliphatic carbocycles. The van der Waals surface area contributed by atoms with Crippen LogP contribution >= 0.6 is 26.8 Å². The van der Waals surface area contributed by atoms with Crippen LogP contribution in [0.1, 0.15) is 43.2 Å². The topological polar surface area (TPSA) is 181 Å². The minimum Gasteiger partial charge on any atom is -0.366 e. The molecule has 4 rings (SSSR count). The molecule has 1 saturated heterocycles. The summed E-state index contributed by atoms with van der Waals surface area (Å²) >= 11 is 6.13. The Morgan fingerprint density at radius 2 is 2.09 bits per heavy atom. The zero-order valence-corrected chi connectivity index (χ0v) is 20.8. The second-order valence-corrected chi connectivity index (χ2v) is 12.3. The van der Waals surface area contributed by atoms with Gasteiger partial charge in [-0.05, 0) is 43.0 Å². The van der Waals surface area contributed by atoms with Crippen LogP contribution in [0.15, 0.2) is 24.7 Å². The molecule has 1 aliphatic heterocycles. The predicted octanol–water partition coefficient (Wildman–Crippen LogP) is 3.04. The summed E-state index contributed by atoms with van der Waals surface area (Å²) in [5.41, 5.74) is 1.49. The van der Waals surface area contributed by atoms with Crippen molar-refractivity contribution in [3.05, 3.63) is 47.0 Å². The highest BCUT2D eigenvalue weighted by molar-refractivity contribution is 7.70. The maximum Gasteiger partial charge on any atom is 0.340 e. The molecular weight excluding hydrogens is 529 g/mol. The summed E-state index contributed by atoms with van der Waals surface area (Å²) in [6, 6.07) is 0.973. The van der Waals surface area contributed by atoms with Gasteiger partial charge < -0.3 is 29.3 Å². The number of fused-ring (bicyclic) bond motifs is 1. The summed E-state index contributed by atoms with van der Waals surface area (Å²) in [5, 5.41) is 7.26. The first kappa shape index (κ1) is 26.1. The quantitative estimate of drug-likeness (QED) is 0.286. The van der Waals surface area contributed by atoms with E-state index in [4.69, 9.17) is 30.6 Å². The van der Waals surface area contributed by atoms with Crippen molar-refractivity contribution in [2.45, 2.75) is 38.0 Å². The number of aromatic nitrogens is 5. The zero-order chi connectivity index (χ0) is 25.4. The molecule has 1 unspecified atom stereocenters. The second kappa shape index (κ2) is 10.2. The van der Waals surface area contributed by atoms with E-state index in [1.165, 1.54) is 16.8 Å². The molecule has 0 saturated carbocycles. The van der Waals surface area contributed by atoms with E-state index in [1.54, 1.807) is 13.1 Å². The van der Waals surface area contributed by atoms with Crippen LogP contribution in [0.4, 0.5) is 10.2 Å². The highest BCUT2D eigenvalue weighted by Gasteiger charge is 2.35. The van der Waals surface area contributed by atoms with Crippen LogP contribution in [-0.4, -0.2) is 57.9 Å². The second-order valence-electron chi connectivity index (χ2n) is 8.01. The predicted molar refractivity (Wildman–Crippen MR) is 122 cm³/mol. The van der Waals surface area contributed by atoms with Gasteiger partial charge in [-0.2, -0.15) is 4.98 Å². The van der Waals surface area contributed by atoms with Gasteiger partial charge in [0, 0.05) is 6.20 Å². The van der Waals surface area contributed by atoms with Crippen LogP contribution < -0.4 is 5.32 Å². The Labute approximate surface area is 203 Å². The summed E-state index contributed by atoms with van der Waals surface area (Å²) in [7, 11) is -9.19. The number of ether oxygens (including phenoxy) is 1. The molecule has 1 aliphatic rings.